The number of hydrogen-bond acceptors (Lipinski definition) is 1. The van der Waals surface area contributed by atoms with Crippen LogP contribution in [0.5, 0.6) is 0 Å². The smallest absolute Gasteiger partial charge is 0.289 e. The number of alkyl halides is 3. The average molecular weight is 242 g/mol. The van der Waals surface area contributed by atoms with Crippen LogP contribution >= 0.6 is 0 Å². The number of halogens is 3. The predicted octanol–water partition coefficient (Wildman–Crippen LogP) is 3.24. The van der Waals surface area contributed by atoms with E-state index in [-0.39, 0.29) is 0 Å². The quantitative estimate of drug-likeness (QED) is 0.778. The largest absolute Gasteiger partial charge is 0.450 e. The summed E-state index contributed by atoms with van der Waals surface area (Å²) in [6.45, 7) is 0. The summed E-state index contributed by atoms with van der Waals surface area (Å²) in [6.07, 6.45) is -1.17. The zero-order chi connectivity index (χ0) is 12.5. The van der Waals surface area contributed by atoms with Gasteiger partial charge in [-0.25, -0.2) is 0 Å². The summed E-state index contributed by atoms with van der Waals surface area (Å²) in [4.78, 5) is 10.9. The van der Waals surface area contributed by atoms with Crippen molar-refractivity contribution in [3.05, 3.63) is 34.9 Å². The second-order valence-electron chi connectivity index (χ2n) is 4.41. The lowest BCUT2D eigenvalue weighted by Gasteiger charge is -2.16. The molecule has 0 amide bonds. The van der Waals surface area contributed by atoms with Gasteiger partial charge in [0.05, 0.1) is 0 Å². The molecule has 0 unspecified atom stereocenters. The van der Waals surface area contributed by atoms with Crippen molar-refractivity contribution in [1.29, 1.82) is 0 Å². The molecule has 0 fully saturated rings. The number of rotatable bonds is 2. The standard InChI is InChI=1S/C13H13F3O/c14-13(15,16)12(17)8-9-5-6-10-3-1-2-4-11(10)7-9/h5-7H,1-4,8H2. The number of aryl methyl sites for hydroxylation is 2. The molecule has 1 aliphatic rings. The Kier molecular flexibility index (Phi) is 3.22. The first-order valence-corrected chi connectivity index (χ1v) is 5.67. The third kappa shape index (κ3) is 2.87. The van der Waals surface area contributed by atoms with E-state index in [9.17, 15) is 18.0 Å². The molecule has 0 spiro atoms. The van der Waals surface area contributed by atoms with Gasteiger partial charge in [-0.15, -0.1) is 0 Å². The van der Waals surface area contributed by atoms with Crippen molar-refractivity contribution in [2.45, 2.75) is 38.3 Å². The maximum atomic E-state index is 12.1. The van der Waals surface area contributed by atoms with E-state index in [1.165, 1.54) is 5.56 Å². The summed E-state index contributed by atoms with van der Waals surface area (Å²) < 4.78 is 36.4. The summed E-state index contributed by atoms with van der Waals surface area (Å²) in [7, 11) is 0. The fraction of sp³-hybridized carbons (Fsp3) is 0.462. The highest BCUT2D eigenvalue weighted by Crippen LogP contribution is 2.24. The lowest BCUT2D eigenvalue weighted by molar-refractivity contribution is -0.170. The van der Waals surface area contributed by atoms with E-state index < -0.39 is 18.4 Å². The first-order chi connectivity index (χ1) is 7.97. The third-order valence-electron chi connectivity index (χ3n) is 3.09. The van der Waals surface area contributed by atoms with Gasteiger partial charge in [-0.1, -0.05) is 18.2 Å². The van der Waals surface area contributed by atoms with Crippen molar-refractivity contribution in [1.82, 2.24) is 0 Å². The second-order valence-corrected chi connectivity index (χ2v) is 4.41. The molecule has 0 atom stereocenters. The van der Waals surface area contributed by atoms with Crippen LogP contribution in [0.3, 0.4) is 0 Å². The molecule has 4 heteroatoms. The fourth-order valence-electron chi connectivity index (χ4n) is 2.18. The van der Waals surface area contributed by atoms with Crippen LogP contribution in [0.1, 0.15) is 29.5 Å². The third-order valence-corrected chi connectivity index (χ3v) is 3.09. The number of carbonyl (C=O) groups is 1. The van der Waals surface area contributed by atoms with Crippen LogP contribution in [0, 0.1) is 0 Å². The monoisotopic (exact) mass is 242 g/mol. The molecular formula is C13H13F3O. The molecular weight excluding hydrogens is 229 g/mol. The van der Waals surface area contributed by atoms with Gasteiger partial charge in [0.2, 0.25) is 5.78 Å². The second kappa shape index (κ2) is 4.51. The Hall–Kier alpha value is -1.32. The van der Waals surface area contributed by atoms with Crippen molar-refractivity contribution in [2.24, 2.45) is 0 Å². The van der Waals surface area contributed by atoms with E-state index in [1.54, 1.807) is 12.1 Å². The van der Waals surface area contributed by atoms with E-state index in [4.69, 9.17) is 0 Å². The SMILES string of the molecule is O=C(Cc1ccc2c(c1)CCCC2)C(F)(F)F. The van der Waals surface area contributed by atoms with E-state index in [0.717, 1.165) is 31.2 Å². The molecule has 0 radical (unpaired) electrons. The number of Topliss-reactive ketones (excluding diaryl/α,β-unsaturated/α-hetero) is 1. The lowest BCUT2D eigenvalue weighted by atomic mass is 9.89. The van der Waals surface area contributed by atoms with Crippen LogP contribution in [0.15, 0.2) is 18.2 Å². The molecule has 0 saturated carbocycles. The molecule has 0 saturated heterocycles. The summed E-state index contributed by atoms with van der Waals surface area (Å²) in [5.74, 6) is -1.67. The molecule has 0 aromatic heterocycles. The zero-order valence-corrected chi connectivity index (χ0v) is 9.31. The minimum Gasteiger partial charge on any atom is -0.289 e. The Balaban J connectivity index is 2.15. The highest BCUT2D eigenvalue weighted by Gasteiger charge is 2.37. The summed E-state index contributed by atoms with van der Waals surface area (Å²) >= 11 is 0. The van der Waals surface area contributed by atoms with Gasteiger partial charge in [0.1, 0.15) is 0 Å². The van der Waals surface area contributed by atoms with Crippen molar-refractivity contribution >= 4 is 5.78 Å². The molecule has 1 aromatic rings. The summed E-state index contributed by atoms with van der Waals surface area (Å²) in [6, 6.07) is 5.24. The predicted molar refractivity (Wildman–Crippen MR) is 57.9 cm³/mol. The molecule has 0 N–H and O–H groups in total. The van der Waals surface area contributed by atoms with Gasteiger partial charge >= 0.3 is 6.18 Å². The molecule has 0 bridgehead atoms. The molecule has 0 heterocycles. The maximum absolute atomic E-state index is 12.1. The molecule has 1 aliphatic carbocycles. The molecule has 17 heavy (non-hydrogen) atoms. The number of fused-ring (bicyclic) bond motifs is 1. The van der Waals surface area contributed by atoms with Crippen LogP contribution in [0.2, 0.25) is 0 Å². The molecule has 1 nitrogen and oxygen atoms in total. The average Bonchev–Trinajstić information content (AvgIpc) is 2.27. The topological polar surface area (TPSA) is 17.1 Å². The molecule has 2 rings (SSSR count). The Morgan fingerprint density at radius 2 is 1.76 bits per heavy atom. The summed E-state index contributed by atoms with van der Waals surface area (Å²) in [5.41, 5.74) is 2.77. The summed E-state index contributed by atoms with van der Waals surface area (Å²) in [5, 5.41) is 0. The number of carbonyl (C=O) groups excluding carboxylic acids is 1. The molecule has 0 aliphatic heterocycles. The zero-order valence-electron chi connectivity index (χ0n) is 9.31. The minimum atomic E-state index is -4.73. The van der Waals surface area contributed by atoms with Crippen molar-refractivity contribution in [2.75, 3.05) is 0 Å². The van der Waals surface area contributed by atoms with Crippen molar-refractivity contribution in [3.8, 4) is 0 Å². The highest BCUT2D eigenvalue weighted by atomic mass is 19.4. The Morgan fingerprint density at radius 1 is 1.12 bits per heavy atom. The Morgan fingerprint density at radius 3 is 2.41 bits per heavy atom. The van der Waals surface area contributed by atoms with Crippen molar-refractivity contribution in [3.63, 3.8) is 0 Å². The van der Waals surface area contributed by atoms with Crippen LogP contribution in [-0.2, 0) is 24.1 Å². The van der Waals surface area contributed by atoms with Gasteiger partial charge in [0.25, 0.3) is 0 Å². The Labute approximate surface area is 97.6 Å². The van der Waals surface area contributed by atoms with Gasteiger partial charge in [0, 0.05) is 6.42 Å². The van der Waals surface area contributed by atoms with Crippen LogP contribution in [-0.4, -0.2) is 12.0 Å². The minimum absolute atomic E-state index is 0.466. The van der Waals surface area contributed by atoms with Gasteiger partial charge in [-0.3, -0.25) is 4.79 Å². The maximum Gasteiger partial charge on any atom is 0.450 e. The van der Waals surface area contributed by atoms with Crippen molar-refractivity contribution < 1.29 is 18.0 Å². The number of ketones is 1. The first kappa shape index (κ1) is 12.1. The molecule has 1 aromatic carbocycles. The fourth-order valence-corrected chi connectivity index (χ4v) is 2.18. The molecule has 92 valence electrons. The van der Waals surface area contributed by atoms with E-state index >= 15 is 0 Å². The van der Waals surface area contributed by atoms with E-state index in [2.05, 4.69) is 0 Å². The lowest BCUT2D eigenvalue weighted by Crippen LogP contribution is -2.24. The Bertz CT molecular complexity index is 435. The van der Waals surface area contributed by atoms with Crippen LogP contribution < -0.4 is 0 Å². The van der Waals surface area contributed by atoms with Crippen LogP contribution in [0.4, 0.5) is 13.2 Å². The van der Waals surface area contributed by atoms with Gasteiger partial charge < -0.3 is 0 Å². The number of benzene rings is 1. The normalized spacial score (nSPS) is 15.5. The first-order valence-electron chi connectivity index (χ1n) is 5.67. The van der Waals surface area contributed by atoms with Crippen LogP contribution in [0.25, 0.3) is 0 Å². The highest BCUT2D eigenvalue weighted by molar-refractivity contribution is 5.86. The van der Waals surface area contributed by atoms with E-state index in [1.807, 2.05) is 6.07 Å². The van der Waals surface area contributed by atoms with Gasteiger partial charge in [0.15, 0.2) is 0 Å². The number of hydrogen-bond donors (Lipinski definition) is 0. The van der Waals surface area contributed by atoms with Gasteiger partial charge in [-0.05, 0) is 42.4 Å². The van der Waals surface area contributed by atoms with E-state index in [0.29, 0.717) is 5.56 Å². The van der Waals surface area contributed by atoms with Gasteiger partial charge in [-0.2, -0.15) is 13.2 Å².